The molecule has 0 bridgehead atoms. The number of rotatable bonds is 2. The van der Waals surface area contributed by atoms with Gasteiger partial charge in [0.1, 0.15) is 0 Å². The summed E-state index contributed by atoms with van der Waals surface area (Å²) in [7, 11) is 0. The minimum atomic E-state index is -0.365. The number of aryl methyl sites for hydroxylation is 2. The van der Waals surface area contributed by atoms with E-state index in [1.54, 1.807) is 4.90 Å². The highest BCUT2D eigenvalue weighted by atomic mass is 16.2. The normalized spacial score (nSPS) is 16.5. The van der Waals surface area contributed by atoms with Crippen molar-refractivity contribution in [3.05, 3.63) is 34.9 Å². The summed E-state index contributed by atoms with van der Waals surface area (Å²) in [5.41, 5.74) is 2.42. The highest BCUT2D eigenvalue weighted by Crippen LogP contribution is 2.18. The fraction of sp³-hybridized carbons (Fsp3) is 0.500. The number of hydrogen-bond acceptors (Lipinski definition) is 2. The molecule has 0 aromatic heterocycles. The third-order valence-corrected chi connectivity index (χ3v) is 3.90. The van der Waals surface area contributed by atoms with Crippen LogP contribution in [0.25, 0.3) is 0 Å². The smallest absolute Gasteiger partial charge is 0.294 e. The summed E-state index contributed by atoms with van der Waals surface area (Å²) in [6, 6.07) is 5.66. The van der Waals surface area contributed by atoms with E-state index in [9.17, 15) is 9.59 Å². The number of benzene rings is 1. The van der Waals surface area contributed by atoms with Gasteiger partial charge in [0.25, 0.3) is 11.7 Å². The van der Waals surface area contributed by atoms with Crippen LogP contribution in [0.5, 0.6) is 0 Å². The van der Waals surface area contributed by atoms with Gasteiger partial charge in [0.2, 0.25) is 0 Å². The van der Waals surface area contributed by atoms with E-state index in [1.165, 1.54) is 0 Å². The number of hydrogen-bond donors (Lipinski definition) is 0. The lowest BCUT2D eigenvalue weighted by Gasteiger charge is -2.29. The molecule has 1 saturated heterocycles. The summed E-state index contributed by atoms with van der Waals surface area (Å²) < 4.78 is 0. The minimum Gasteiger partial charge on any atom is -0.336 e. The molecule has 19 heavy (non-hydrogen) atoms. The molecular formula is C16H21NO2. The molecule has 1 aliphatic heterocycles. The van der Waals surface area contributed by atoms with Gasteiger partial charge in [-0.15, -0.1) is 0 Å². The van der Waals surface area contributed by atoms with Gasteiger partial charge < -0.3 is 4.90 Å². The largest absolute Gasteiger partial charge is 0.336 e. The Bertz CT molecular complexity index is 499. The molecule has 0 saturated carbocycles. The Hall–Kier alpha value is -1.64. The number of carbonyl (C=O) groups excluding carboxylic acids is 2. The van der Waals surface area contributed by atoms with Crippen LogP contribution in [0.3, 0.4) is 0 Å². The van der Waals surface area contributed by atoms with Crippen molar-refractivity contribution in [2.45, 2.75) is 33.6 Å². The maximum atomic E-state index is 12.3. The van der Waals surface area contributed by atoms with Crippen molar-refractivity contribution in [3.8, 4) is 0 Å². The first-order valence-electron chi connectivity index (χ1n) is 6.90. The van der Waals surface area contributed by atoms with Crippen molar-refractivity contribution in [2.24, 2.45) is 5.92 Å². The molecule has 2 rings (SSSR count). The number of likely N-dealkylation sites (tertiary alicyclic amines) is 1. The summed E-state index contributed by atoms with van der Waals surface area (Å²) in [6.45, 7) is 7.41. The van der Waals surface area contributed by atoms with Crippen molar-refractivity contribution in [1.82, 2.24) is 4.90 Å². The Morgan fingerprint density at radius 2 is 1.79 bits per heavy atom. The molecule has 0 unspecified atom stereocenters. The molecule has 3 heteroatoms. The zero-order chi connectivity index (χ0) is 14.0. The Kier molecular flexibility index (Phi) is 4.03. The molecule has 1 aromatic carbocycles. The van der Waals surface area contributed by atoms with E-state index in [0.717, 1.165) is 24.0 Å². The average molecular weight is 259 g/mol. The van der Waals surface area contributed by atoms with Crippen LogP contribution < -0.4 is 0 Å². The number of nitrogens with zero attached hydrogens (tertiary/aromatic N) is 1. The van der Waals surface area contributed by atoms with Crippen LogP contribution in [0.1, 0.15) is 41.3 Å². The Morgan fingerprint density at radius 1 is 1.16 bits per heavy atom. The van der Waals surface area contributed by atoms with Gasteiger partial charge in [-0.25, -0.2) is 0 Å². The van der Waals surface area contributed by atoms with Crippen LogP contribution in [-0.4, -0.2) is 29.7 Å². The van der Waals surface area contributed by atoms with Crippen LogP contribution in [0.4, 0.5) is 0 Å². The summed E-state index contributed by atoms with van der Waals surface area (Å²) in [5.74, 6) is -0.0591. The first-order valence-corrected chi connectivity index (χ1v) is 6.90. The van der Waals surface area contributed by atoms with E-state index in [-0.39, 0.29) is 11.7 Å². The molecule has 1 amide bonds. The maximum Gasteiger partial charge on any atom is 0.294 e. The van der Waals surface area contributed by atoms with Crippen molar-refractivity contribution >= 4 is 11.7 Å². The van der Waals surface area contributed by atoms with Gasteiger partial charge in [0, 0.05) is 18.7 Å². The lowest BCUT2D eigenvalue weighted by molar-refractivity contribution is -0.127. The van der Waals surface area contributed by atoms with Crippen molar-refractivity contribution in [2.75, 3.05) is 13.1 Å². The molecule has 1 fully saturated rings. The predicted octanol–water partition coefficient (Wildman–Crippen LogP) is 2.74. The van der Waals surface area contributed by atoms with Crippen LogP contribution in [0, 0.1) is 19.8 Å². The van der Waals surface area contributed by atoms with E-state index in [4.69, 9.17) is 0 Å². The summed E-state index contributed by atoms with van der Waals surface area (Å²) >= 11 is 0. The molecule has 0 atom stereocenters. The second-order valence-electron chi connectivity index (χ2n) is 5.62. The van der Waals surface area contributed by atoms with E-state index in [2.05, 4.69) is 6.92 Å². The van der Waals surface area contributed by atoms with E-state index < -0.39 is 0 Å². The quantitative estimate of drug-likeness (QED) is 0.605. The van der Waals surface area contributed by atoms with E-state index in [1.807, 2.05) is 32.0 Å². The molecule has 1 aromatic rings. The van der Waals surface area contributed by atoms with Gasteiger partial charge in [-0.05, 0) is 44.2 Å². The van der Waals surface area contributed by atoms with Crippen LogP contribution in [-0.2, 0) is 4.79 Å². The zero-order valence-electron chi connectivity index (χ0n) is 11.9. The second kappa shape index (κ2) is 5.55. The van der Waals surface area contributed by atoms with Crippen molar-refractivity contribution in [1.29, 1.82) is 0 Å². The molecule has 3 nitrogen and oxygen atoms in total. The van der Waals surface area contributed by atoms with Gasteiger partial charge >= 0.3 is 0 Å². The Morgan fingerprint density at radius 3 is 2.42 bits per heavy atom. The van der Waals surface area contributed by atoms with Crippen molar-refractivity contribution < 1.29 is 9.59 Å². The van der Waals surface area contributed by atoms with Crippen molar-refractivity contribution in [3.63, 3.8) is 0 Å². The molecule has 1 heterocycles. The third kappa shape index (κ3) is 3.03. The van der Waals surface area contributed by atoms with Gasteiger partial charge in [-0.3, -0.25) is 9.59 Å². The van der Waals surface area contributed by atoms with Crippen LogP contribution in [0.15, 0.2) is 18.2 Å². The highest BCUT2D eigenvalue weighted by molar-refractivity contribution is 6.43. The SMILES string of the molecule is Cc1ccc(C)c(C(=O)C(=O)N2CCC(C)CC2)c1. The standard InChI is InChI=1S/C16H21NO2/c1-11-6-8-17(9-7-11)16(19)15(18)14-10-12(2)4-5-13(14)3/h4-5,10-11H,6-9H2,1-3H3. The Labute approximate surface area is 114 Å². The molecule has 0 spiro atoms. The Balaban J connectivity index is 2.15. The maximum absolute atomic E-state index is 12.3. The number of Topliss-reactive ketones (excluding diaryl/α,β-unsaturated/α-hetero) is 1. The minimum absolute atomic E-state index is 0.347. The molecule has 0 N–H and O–H groups in total. The second-order valence-corrected chi connectivity index (χ2v) is 5.62. The molecule has 1 aliphatic rings. The lowest BCUT2D eigenvalue weighted by Crippen LogP contribution is -2.41. The van der Waals surface area contributed by atoms with Gasteiger partial charge in [0.05, 0.1) is 0 Å². The molecule has 0 radical (unpaired) electrons. The molecular weight excluding hydrogens is 238 g/mol. The number of ketones is 1. The topological polar surface area (TPSA) is 37.4 Å². The fourth-order valence-electron chi connectivity index (χ4n) is 2.45. The number of carbonyl (C=O) groups is 2. The summed E-state index contributed by atoms with van der Waals surface area (Å²) in [4.78, 5) is 26.3. The van der Waals surface area contributed by atoms with Crippen LogP contribution in [0.2, 0.25) is 0 Å². The van der Waals surface area contributed by atoms with E-state index in [0.29, 0.717) is 24.6 Å². The average Bonchev–Trinajstić information content (AvgIpc) is 2.41. The first-order chi connectivity index (χ1) is 8.99. The zero-order valence-corrected chi connectivity index (χ0v) is 11.9. The first kappa shape index (κ1) is 13.8. The third-order valence-electron chi connectivity index (χ3n) is 3.90. The monoisotopic (exact) mass is 259 g/mol. The molecule has 102 valence electrons. The predicted molar refractivity (Wildman–Crippen MR) is 75.2 cm³/mol. The van der Waals surface area contributed by atoms with Gasteiger partial charge in [-0.1, -0.05) is 24.6 Å². The number of amides is 1. The fourth-order valence-corrected chi connectivity index (χ4v) is 2.45. The summed E-state index contributed by atoms with van der Waals surface area (Å²) in [6.07, 6.45) is 1.98. The van der Waals surface area contributed by atoms with Gasteiger partial charge in [-0.2, -0.15) is 0 Å². The summed E-state index contributed by atoms with van der Waals surface area (Å²) in [5, 5.41) is 0. The highest BCUT2D eigenvalue weighted by Gasteiger charge is 2.27. The van der Waals surface area contributed by atoms with E-state index >= 15 is 0 Å². The number of piperidine rings is 1. The van der Waals surface area contributed by atoms with Crippen LogP contribution >= 0.6 is 0 Å². The van der Waals surface area contributed by atoms with Gasteiger partial charge in [0.15, 0.2) is 0 Å². The lowest BCUT2D eigenvalue weighted by atomic mass is 9.97. The molecule has 0 aliphatic carbocycles.